The Morgan fingerprint density at radius 3 is 2.84 bits per heavy atom. The summed E-state index contributed by atoms with van der Waals surface area (Å²) in [5.74, 6) is 0.143. The molecule has 1 fully saturated rings. The Labute approximate surface area is 115 Å². The second kappa shape index (κ2) is 7.29. The summed E-state index contributed by atoms with van der Waals surface area (Å²) in [4.78, 5) is 12.2. The first kappa shape index (κ1) is 14.1. The van der Waals surface area contributed by atoms with Crippen molar-refractivity contribution in [3.8, 4) is 0 Å². The van der Waals surface area contributed by atoms with Crippen LogP contribution in [0.25, 0.3) is 0 Å². The van der Waals surface area contributed by atoms with Crippen molar-refractivity contribution in [3.63, 3.8) is 0 Å². The molecule has 3 heteroatoms. The summed E-state index contributed by atoms with van der Waals surface area (Å²) in [6.45, 7) is 3.97. The van der Waals surface area contributed by atoms with Crippen LogP contribution in [0.15, 0.2) is 30.3 Å². The Morgan fingerprint density at radius 1 is 1.42 bits per heavy atom. The highest BCUT2D eigenvalue weighted by molar-refractivity contribution is 5.83. The van der Waals surface area contributed by atoms with Gasteiger partial charge in [-0.2, -0.15) is 0 Å². The lowest BCUT2D eigenvalue weighted by atomic mass is 9.95. The van der Waals surface area contributed by atoms with E-state index in [4.69, 9.17) is 0 Å². The molecule has 0 aliphatic carbocycles. The molecule has 3 nitrogen and oxygen atoms in total. The third-order valence-electron chi connectivity index (χ3n) is 3.88. The van der Waals surface area contributed by atoms with Crippen LogP contribution in [0.5, 0.6) is 0 Å². The first-order valence-corrected chi connectivity index (χ1v) is 7.37. The van der Waals surface area contributed by atoms with Crippen LogP contribution in [0.3, 0.4) is 0 Å². The standard InChI is InChI=1S/C16H24N2O/c1-2-15(13-7-4-3-5-8-13)16(19)18-12-10-14-9-6-11-17-14/h3-5,7-8,14-15,17H,2,6,9-12H2,1H3,(H,18,19)/t14-,15?/m0/s1. The van der Waals surface area contributed by atoms with Gasteiger partial charge in [0.05, 0.1) is 5.92 Å². The largest absolute Gasteiger partial charge is 0.356 e. The average Bonchev–Trinajstić information content (AvgIpc) is 2.94. The van der Waals surface area contributed by atoms with E-state index >= 15 is 0 Å². The fourth-order valence-corrected chi connectivity index (χ4v) is 2.75. The molecule has 1 saturated heterocycles. The molecule has 1 heterocycles. The average molecular weight is 260 g/mol. The zero-order chi connectivity index (χ0) is 13.5. The molecule has 1 aliphatic heterocycles. The lowest BCUT2D eigenvalue weighted by molar-refractivity contribution is -0.122. The van der Waals surface area contributed by atoms with Crippen molar-refractivity contribution in [3.05, 3.63) is 35.9 Å². The van der Waals surface area contributed by atoms with Crippen LogP contribution < -0.4 is 10.6 Å². The molecule has 2 N–H and O–H groups in total. The Morgan fingerprint density at radius 2 is 2.21 bits per heavy atom. The molecule has 2 atom stereocenters. The first-order chi connectivity index (χ1) is 9.31. The van der Waals surface area contributed by atoms with E-state index in [1.54, 1.807) is 0 Å². The topological polar surface area (TPSA) is 41.1 Å². The van der Waals surface area contributed by atoms with Crippen molar-refractivity contribution < 1.29 is 4.79 Å². The Hall–Kier alpha value is -1.35. The summed E-state index contributed by atoms with van der Waals surface area (Å²) < 4.78 is 0. The molecule has 104 valence electrons. The third kappa shape index (κ3) is 4.06. The van der Waals surface area contributed by atoms with E-state index in [1.165, 1.54) is 12.8 Å². The highest BCUT2D eigenvalue weighted by Gasteiger charge is 2.19. The summed E-state index contributed by atoms with van der Waals surface area (Å²) in [5, 5.41) is 6.53. The molecular weight excluding hydrogens is 236 g/mol. The number of hydrogen-bond donors (Lipinski definition) is 2. The minimum absolute atomic E-state index is 0.0160. The number of benzene rings is 1. The van der Waals surface area contributed by atoms with Crippen molar-refractivity contribution in [1.82, 2.24) is 10.6 Å². The van der Waals surface area contributed by atoms with Crippen molar-refractivity contribution in [2.45, 2.75) is 44.6 Å². The van der Waals surface area contributed by atoms with E-state index in [9.17, 15) is 4.79 Å². The number of hydrogen-bond acceptors (Lipinski definition) is 2. The molecule has 0 saturated carbocycles. The van der Waals surface area contributed by atoms with Crippen LogP contribution in [0.2, 0.25) is 0 Å². The number of nitrogens with one attached hydrogen (secondary N) is 2. The lowest BCUT2D eigenvalue weighted by Crippen LogP contribution is -2.33. The van der Waals surface area contributed by atoms with E-state index < -0.39 is 0 Å². The molecule has 0 aromatic heterocycles. The van der Waals surface area contributed by atoms with Gasteiger partial charge in [0, 0.05) is 12.6 Å². The van der Waals surface area contributed by atoms with Gasteiger partial charge in [0.2, 0.25) is 5.91 Å². The van der Waals surface area contributed by atoms with Crippen molar-refractivity contribution in [1.29, 1.82) is 0 Å². The van der Waals surface area contributed by atoms with Gasteiger partial charge in [-0.25, -0.2) is 0 Å². The van der Waals surface area contributed by atoms with Crippen LogP contribution in [-0.2, 0) is 4.79 Å². The fourth-order valence-electron chi connectivity index (χ4n) is 2.75. The molecule has 0 radical (unpaired) electrons. The number of amides is 1. The maximum atomic E-state index is 12.2. The van der Waals surface area contributed by atoms with E-state index in [1.807, 2.05) is 30.3 Å². The van der Waals surface area contributed by atoms with Crippen LogP contribution in [-0.4, -0.2) is 25.0 Å². The SMILES string of the molecule is CCC(C(=O)NCC[C@@H]1CCCN1)c1ccccc1. The quantitative estimate of drug-likeness (QED) is 0.825. The van der Waals surface area contributed by atoms with Gasteiger partial charge in [-0.05, 0) is 37.8 Å². The van der Waals surface area contributed by atoms with Gasteiger partial charge in [-0.3, -0.25) is 4.79 Å². The summed E-state index contributed by atoms with van der Waals surface area (Å²) in [5.41, 5.74) is 1.11. The molecule has 0 spiro atoms. The maximum Gasteiger partial charge on any atom is 0.227 e. The van der Waals surface area contributed by atoms with E-state index in [0.717, 1.165) is 31.5 Å². The second-order valence-electron chi connectivity index (χ2n) is 5.24. The highest BCUT2D eigenvalue weighted by Crippen LogP contribution is 2.19. The summed E-state index contributed by atoms with van der Waals surface area (Å²) >= 11 is 0. The Balaban J connectivity index is 1.80. The predicted octanol–water partition coefficient (Wildman–Crippen LogP) is 2.44. The highest BCUT2D eigenvalue weighted by atomic mass is 16.1. The fraction of sp³-hybridized carbons (Fsp3) is 0.562. The number of carbonyl (C=O) groups excluding carboxylic acids is 1. The van der Waals surface area contributed by atoms with E-state index in [-0.39, 0.29) is 11.8 Å². The minimum atomic E-state index is -0.0160. The van der Waals surface area contributed by atoms with E-state index in [2.05, 4.69) is 17.6 Å². The van der Waals surface area contributed by atoms with Gasteiger partial charge >= 0.3 is 0 Å². The molecule has 0 bridgehead atoms. The third-order valence-corrected chi connectivity index (χ3v) is 3.88. The van der Waals surface area contributed by atoms with Crippen LogP contribution in [0, 0.1) is 0 Å². The molecule has 1 aliphatic rings. The zero-order valence-corrected chi connectivity index (χ0v) is 11.7. The maximum absolute atomic E-state index is 12.2. The molecule has 1 unspecified atom stereocenters. The monoisotopic (exact) mass is 260 g/mol. The molecule has 1 amide bonds. The van der Waals surface area contributed by atoms with Gasteiger partial charge in [0.25, 0.3) is 0 Å². The molecular formula is C16H24N2O. The van der Waals surface area contributed by atoms with Gasteiger partial charge in [-0.15, -0.1) is 0 Å². The second-order valence-corrected chi connectivity index (χ2v) is 5.24. The van der Waals surface area contributed by atoms with Gasteiger partial charge < -0.3 is 10.6 Å². The van der Waals surface area contributed by atoms with Crippen LogP contribution in [0.4, 0.5) is 0 Å². The first-order valence-electron chi connectivity index (χ1n) is 7.37. The van der Waals surface area contributed by atoms with Gasteiger partial charge in [0.1, 0.15) is 0 Å². The van der Waals surface area contributed by atoms with Gasteiger partial charge in [-0.1, -0.05) is 37.3 Å². The van der Waals surface area contributed by atoms with Crippen molar-refractivity contribution in [2.75, 3.05) is 13.1 Å². The van der Waals surface area contributed by atoms with E-state index in [0.29, 0.717) is 6.04 Å². The van der Waals surface area contributed by atoms with Crippen molar-refractivity contribution in [2.24, 2.45) is 0 Å². The zero-order valence-electron chi connectivity index (χ0n) is 11.7. The molecule has 1 aromatic rings. The smallest absolute Gasteiger partial charge is 0.227 e. The predicted molar refractivity (Wildman–Crippen MR) is 78.1 cm³/mol. The summed E-state index contributed by atoms with van der Waals surface area (Å²) in [7, 11) is 0. The molecule has 19 heavy (non-hydrogen) atoms. The molecule has 1 aromatic carbocycles. The normalized spacial score (nSPS) is 20.2. The van der Waals surface area contributed by atoms with Crippen LogP contribution >= 0.6 is 0 Å². The number of rotatable bonds is 6. The lowest BCUT2D eigenvalue weighted by Gasteiger charge is -2.16. The van der Waals surface area contributed by atoms with Crippen LogP contribution in [0.1, 0.15) is 44.1 Å². The Bertz CT molecular complexity index is 385. The Kier molecular flexibility index (Phi) is 5.40. The molecule has 2 rings (SSSR count). The summed E-state index contributed by atoms with van der Waals surface area (Å²) in [6.07, 6.45) is 4.39. The van der Waals surface area contributed by atoms with Crippen molar-refractivity contribution >= 4 is 5.91 Å². The number of carbonyl (C=O) groups is 1. The van der Waals surface area contributed by atoms with Gasteiger partial charge in [0.15, 0.2) is 0 Å². The summed E-state index contributed by atoms with van der Waals surface area (Å²) in [6, 6.07) is 10.6. The minimum Gasteiger partial charge on any atom is -0.356 e.